The van der Waals surface area contributed by atoms with Crippen LogP contribution in [0, 0.1) is 0 Å². The van der Waals surface area contributed by atoms with E-state index in [1.165, 1.54) is 0 Å². The van der Waals surface area contributed by atoms with E-state index in [0.29, 0.717) is 10.6 Å². The van der Waals surface area contributed by atoms with Crippen molar-refractivity contribution in [2.75, 3.05) is 11.1 Å². The first-order valence-corrected chi connectivity index (χ1v) is 8.46. The number of hydrogen-bond donors (Lipinski definition) is 2. The minimum Gasteiger partial charge on any atom is -0.508 e. The monoisotopic (exact) mass is 305 g/mol. The average molecular weight is 305 g/mol. The minimum atomic E-state index is -3.27. The lowest BCUT2D eigenvalue weighted by Gasteiger charge is -2.18. The molecule has 1 atom stereocenters. The van der Waals surface area contributed by atoms with Crippen LogP contribution in [0.3, 0.4) is 0 Å². The van der Waals surface area contributed by atoms with Crippen molar-refractivity contribution < 1.29 is 13.5 Å². The van der Waals surface area contributed by atoms with Crippen LogP contribution in [0.5, 0.6) is 5.75 Å². The molecule has 0 saturated heterocycles. The van der Waals surface area contributed by atoms with Crippen LogP contribution >= 0.6 is 0 Å². The Hall–Kier alpha value is -2.01. The molecule has 0 saturated carbocycles. The van der Waals surface area contributed by atoms with E-state index in [1.54, 1.807) is 43.3 Å². The fourth-order valence-electron chi connectivity index (χ4n) is 2.09. The van der Waals surface area contributed by atoms with E-state index in [-0.39, 0.29) is 17.5 Å². The molecule has 0 aliphatic carbocycles. The van der Waals surface area contributed by atoms with Crippen molar-refractivity contribution in [3.8, 4) is 5.75 Å². The average Bonchev–Trinajstić information content (AvgIpc) is 2.48. The van der Waals surface area contributed by atoms with E-state index in [2.05, 4.69) is 5.32 Å². The van der Waals surface area contributed by atoms with Crippen LogP contribution in [0.2, 0.25) is 0 Å². The Labute approximate surface area is 125 Å². The number of sulfone groups is 1. The Morgan fingerprint density at radius 1 is 1.10 bits per heavy atom. The Morgan fingerprint density at radius 3 is 2.33 bits per heavy atom. The summed E-state index contributed by atoms with van der Waals surface area (Å²) < 4.78 is 24.2. The summed E-state index contributed by atoms with van der Waals surface area (Å²) in [6, 6.07) is 13.7. The molecule has 0 radical (unpaired) electrons. The van der Waals surface area contributed by atoms with E-state index in [0.717, 1.165) is 5.56 Å². The van der Waals surface area contributed by atoms with Gasteiger partial charge in [-0.25, -0.2) is 8.42 Å². The van der Waals surface area contributed by atoms with Gasteiger partial charge >= 0.3 is 0 Å². The summed E-state index contributed by atoms with van der Waals surface area (Å²) in [7, 11) is -3.27. The zero-order valence-electron chi connectivity index (χ0n) is 12.1. The van der Waals surface area contributed by atoms with Gasteiger partial charge in [-0.2, -0.15) is 0 Å². The number of benzene rings is 2. The van der Waals surface area contributed by atoms with Gasteiger partial charge in [0.05, 0.1) is 16.3 Å². The fourth-order valence-corrected chi connectivity index (χ4v) is 3.15. The molecule has 5 heteroatoms. The van der Waals surface area contributed by atoms with Gasteiger partial charge in [-0.1, -0.05) is 31.2 Å². The van der Waals surface area contributed by atoms with Crippen molar-refractivity contribution in [2.45, 2.75) is 24.8 Å². The quantitative estimate of drug-likeness (QED) is 0.889. The molecule has 112 valence electrons. The third-order valence-corrected chi connectivity index (χ3v) is 5.15. The van der Waals surface area contributed by atoms with Gasteiger partial charge in [0.25, 0.3) is 0 Å². The Kier molecular flexibility index (Phi) is 4.53. The molecule has 2 aromatic rings. The molecular weight excluding hydrogens is 286 g/mol. The van der Waals surface area contributed by atoms with E-state index < -0.39 is 9.84 Å². The molecule has 21 heavy (non-hydrogen) atoms. The molecular formula is C16H19NO3S. The van der Waals surface area contributed by atoms with Crippen molar-refractivity contribution in [2.24, 2.45) is 0 Å². The number of aromatic hydroxyl groups is 1. The van der Waals surface area contributed by atoms with E-state index in [4.69, 9.17) is 0 Å². The highest BCUT2D eigenvalue weighted by molar-refractivity contribution is 7.91. The van der Waals surface area contributed by atoms with Gasteiger partial charge < -0.3 is 10.4 Å². The summed E-state index contributed by atoms with van der Waals surface area (Å²) in [5, 5.41) is 12.5. The lowest BCUT2D eigenvalue weighted by atomic mass is 10.1. The summed E-state index contributed by atoms with van der Waals surface area (Å²) >= 11 is 0. The van der Waals surface area contributed by atoms with Crippen LogP contribution in [0.4, 0.5) is 5.69 Å². The van der Waals surface area contributed by atoms with E-state index in [1.807, 2.05) is 19.1 Å². The molecule has 0 fully saturated rings. The second-order valence-electron chi connectivity index (χ2n) is 4.86. The van der Waals surface area contributed by atoms with Crippen molar-refractivity contribution in [3.05, 3.63) is 54.1 Å². The van der Waals surface area contributed by atoms with Crippen molar-refractivity contribution in [1.29, 1.82) is 0 Å². The molecule has 0 aromatic heterocycles. The van der Waals surface area contributed by atoms with Crippen LogP contribution in [0.15, 0.2) is 53.4 Å². The van der Waals surface area contributed by atoms with Gasteiger partial charge in [0.15, 0.2) is 9.84 Å². The number of nitrogens with one attached hydrogen (secondary N) is 1. The summed E-state index contributed by atoms with van der Waals surface area (Å²) in [4.78, 5) is 0.318. The number of rotatable bonds is 5. The predicted octanol–water partition coefficient (Wildman–Crippen LogP) is 3.36. The highest BCUT2D eigenvalue weighted by Crippen LogP contribution is 2.27. The van der Waals surface area contributed by atoms with Gasteiger partial charge in [0.1, 0.15) is 5.75 Å². The van der Waals surface area contributed by atoms with Gasteiger partial charge in [-0.15, -0.1) is 0 Å². The Morgan fingerprint density at radius 2 is 1.71 bits per heavy atom. The smallest absolute Gasteiger partial charge is 0.180 e. The molecule has 2 rings (SSSR count). The minimum absolute atomic E-state index is 0.0687. The second kappa shape index (κ2) is 6.18. The van der Waals surface area contributed by atoms with Crippen LogP contribution in [0.1, 0.15) is 25.5 Å². The highest BCUT2D eigenvalue weighted by atomic mass is 32.2. The molecule has 0 heterocycles. The summed E-state index contributed by atoms with van der Waals surface area (Å²) in [6.07, 6.45) is 0. The largest absolute Gasteiger partial charge is 0.508 e. The fraction of sp³-hybridized carbons (Fsp3) is 0.250. The summed E-state index contributed by atoms with van der Waals surface area (Å²) in [5.74, 6) is 0.277. The molecule has 4 nitrogen and oxygen atoms in total. The number of anilines is 1. The maximum Gasteiger partial charge on any atom is 0.180 e. The SMILES string of the molecule is CCS(=O)(=O)c1ccccc1NC(C)c1ccc(O)cc1. The topological polar surface area (TPSA) is 66.4 Å². The molecule has 1 unspecified atom stereocenters. The number of phenols is 1. The lowest BCUT2D eigenvalue weighted by molar-refractivity contribution is 0.475. The van der Waals surface area contributed by atoms with Crippen LogP contribution < -0.4 is 5.32 Å². The first-order valence-electron chi connectivity index (χ1n) is 6.81. The van der Waals surface area contributed by atoms with Crippen molar-refractivity contribution >= 4 is 15.5 Å². The molecule has 2 N–H and O–H groups in total. The maximum atomic E-state index is 12.1. The van der Waals surface area contributed by atoms with Gasteiger partial charge in [-0.05, 0) is 36.8 Å². The lowest BCUT2D eigenvalue weighted by Crippen LogP contribution is -2.12. The maximum absolute atomic E-state index is 12.1. The van der Waals surface area contributed by atoms with E-state index >= 15 is 0 Å². The van der Waals surface area contributed by atoms with Gasteiger partial charge in [0.2, 0.25) is 0 Å². The summed E-state index contributed by atoms with van der Waals surface area (Å²) in [6.45, 7) is 3.58. The van der Waals surface area contributed by atoms with Crippen LogP contribution in [0.25, 0.3) is 0 Å². The first kappa shape index (κ1) is 15.4. The number of para-hydroxylation sites is 1. The molecule has 0 aliphatic rings. The standard InChI is InChI=1S/C16H19NO3S/c1-3-21(19,20)16-7-5-4-6-15(16)17-12(2)13-8-10-14(18)11-9-13/h4-12,17-18H,3H2,1-2H3. The summed E-state index contributed by atoms with van der Waals surface area (Å²) in [5.41, 5.74) is 1.57. The zero-order chi connectivity index (χ0) is 15.5. The second-order valence-corrected chi connectivity index (χ2v) is 7.10. The third kappa shape index (κ3) is 3.55. The normalized spacial score (nSPS) is 12.9. The van der Waals surface area contributed by atoms with Gasteiger partial charge in [-0.3, -0.25) is 0 Å². The highest BCUT2D eigenvalue weighted by Gasteiger charge is 2.17. The van der Waals surface area contributed by atoms with Crippen LogP contribution in [-0.2, 0) is 9.84 Å². The van der Waals surface area contributed by atoms with E-state index in [9.17, 15) is 13.5 Å². The third-order valence-electron chi connectivity index (χ3n) is 3.37. The number of phenolic OH excluding ortho intramolecular Hbond substituents is 1. The van der Waals surface area contributed by atoms with Crippen molar-refractivity contribution in [1.82, 2.24) is 0 Å². The first-order chi connectivity index (χ1) is 9.94. The Balaban J connectivity index is 2.30. The zero-order valence-corrected chi connectivity index (χ0v) is 12.9. The van der Waals surface area contributed by atoms with Crippen LogP contribution in [-0.4, -0.2) is 19.3 Å². The van der Waals surface area contributed by atoms with Gasteiger partial charge in [0, 0.05) is 6.04 Å². The number of hydrogen-bond acceptors (Lipinski definition) is 4. The molecule has 0 amide bonds. The molecule has 2 aromatic carbocycles. The molecule has 0 aliphatic heterocycles. The predicted molar refractivity (Wildman–Crippen MR) is 84.3 cm³/mol. The van der Waals surface area contributed by atoms with Crippen molar-refractivity contribution in [3.63, 3.8) is 0 Å². The molecule has 0 bridgehead atoms. The Bertz CT molecular complexity index is 709. The molecule has 0 spiro atoms.